The van der Waals surface area contributed by atoms with Crippen LogP contribution in [0.4, 0.5) is 5.69 Å². The highest BCUT2D eigenvalue weighted by Crippen LogP contribution is 2.34. The fourth-order valence-corrected chi connectivity index (χ4v) is 2.52. The SMILES string of the molecule is CC(C1CC1)N(C)CCC(=O)Nc1cccc(C(N)=S)c1. The molecule has 21 heavy (non-hydrogen) atoms. The molecule has 0 saturated heterocycles. The number of carbonyl (C=O) groups is 1. The van der Waals surface area contributed by atoms with Crippen LogP contribution in [0.2, 0.25) is 0 Å². The van der Waals surface area contributed by atoms with E-state index in [4.69, 9.17) is 18.0 Å². The summed E-state index contributed by atoms with van der Waals surface area (Å²) in [5, 5.41) is 2.90. The molecular formula is C16H23N3OS. The van der Waals surface area contributed by atoms with Crippen LogP contribution < -0.4 is 11.1 Å². The standard InChI is InChI=1S/C16H23N3OS/c1-11(12-6-7-12)19(2)9-8-15(20)18-14-5-3-4-13(10-14)16(17)21/h3-5,10-12H,6-9H2,1-2H3,(H2,17,21)(H,18,20). The largest absolute Gasteiger partial charge is 0.389 e. The average Bonchev–Trinajstić information content (AvgIpc) is 3.28. The molecule has 0 aromatic heterocycles. The Morgan fingerprint density at radius 2 is 2.24 bits per heavy atom. The second-order valence-electron chi connectivity index (χ2n) is 5.80. The molecule has 0 aliphatic heterocycles. The maximum Gasteiger partial charge on any atom is 0.225 e. The van der Waals surface area contributed by atoms with Gasteiger partial charge in [-0.2, -0.15) is 0 Å². The number of benzene rings is 1. The molecule has 2 rings (SSSR count). The van der Waals surface area contributed by atoms with Crippen molar-refractivity contribution < 1.29 is 4.79 Å². The van der Waals surface area contributed by atoms with Crippen molar-refractivity contribution in [1.82, 2.24) is 4.90 Å². The number of rotatable bonds is 7. The molecule has 0 bridgehead atoms. The van der Waals surface area contributed by atoms with Crippen molar-refractivity contribution in [3.63, 3.8) is 0 Å². The molecule has 1 aromatic carbocycles. The highest BCUT2D eigenvalue weighted by molar-refractivity contribution is 7.80. The van der Waals surface area contributed by atoms with Gasteiger partial charge in [0.05, 0.1) is 0 Å². The molecule has 1 aromatic rings. The van der Waals surface area contributed by atoms with E-state index in [1.165, 1.54) is 12.8 Å². The normalized spacial score (nSPS) is 15.8. The summed E-state index contributed by atoms with van der Waals surface area (Å²) in [5.41, 5.74) is 7.10. The van der Waals surface area contributed by atoms with Crippen molar-refractivity contribution in [1.29, 1.82) is 0 Å². The smallest absolute Gasteiger partial charge is 0.225 e. The van der Waals surface area contributed by atoms with E-state index in [1.807, 2.05) is 18.2 Å². The van der Waals surface area contributed by atoms with Gasteiger partial charge in [0.15, 0.2) is 0 Å². The molecule has 3 N–H and O–H groups in total. The molecule has 1 aliphatic rings. The number of carbonyl (C=O) groups excluding carboxylic acids is 1. The van der Waals surface area contributed by atoms with Crippen LogP contribution in [-0.4, -0.2) is 35.4 Å². The van der Waals surface area contributed by atoms with Crippen molar-refractivity contribution >= 4 is 28.8 Å². The lowest BCUT2D eigenvalue weighted by molar-refractivity contribution is -0.116. The van der Waals surface area contributed by atoms with Crippen LogP contribution in [0, 0.1) is 5.92 Å². The van der Waals surface area contributed by atoms with Crippen LogP contribution >= 0.6 is 12.2 Å². The summed E-state index contributed by atoms with van der Waals surface area (Å²) in [7, 11) is 2.09. The highest BCUT2D eigenvalue weighted by Gasteiger charge is 2.30. The Balaban J connectivity index is 1.81. The fourth-order valence-electron chi connectivity index (χ4n) is 2.39. The average molecular weight is 305 g/mol. The molecule has 114 valence electrons. The predicted octanol–water partition coefficient (Wildman–Crippen LogP) is 2.38. The first-order valence-electron chi connectivity index (χ1n) is 7.37. The van der Waals surface area contributed by atoms with Gasteiger partial charge in [0, 0.05) is 30.3 Å². The van der Waals surface area contributed by atoms with Crippen LogP contribution in [0.15, 0.2) is 24.3 Å². The van der Waals surface area contributed by atoms with Gasteiger partial charge in [-0.25, -0.2) is 0 Å². The van der Waals surface area contributed by atoms with Crippen molar-refractivity contribution in [3.8, 4) is 0 Å². The summed E-state index contributed by atoms with van der Waals surface area (Å²) in [6.45, 7) is 3.01. The summed E-state index contributed by atoms with van der Waals surface area (Å²) < 4.78 is 0. The van der Waals surface area contributed by atoms with E-state index in [-0.39, 0.29) is 5.91 Å². The van der Waals surface area contributed by atoms with E-state index in [1.54, 1.807) is 6.07 Å². The summed E-state index contributed by atoms with van der Waals surface area (Å²) in [4.78, 5) is 14.6. The number of hydrogen-bond donors (Lipinski definition) is 2. The van der Waals surface area contributed by atoms with Crippen molar-refractivity contribution in [2.24, 2.45) is 11.7 Å². The lowest BCUT2D eigenvalue weighted by Crippen LogP contribution is -2.33. The zero-order valence-electron chi connectivity index (χ0n) is 12.6. The van der Waals surface area contributed by atoms with Gasteiger partial charge >= 0.3 is 0 Å². The van der Waals surface area contributed by atoms with Gasteiger partial charge in [0.2, 0.25) is 5.91 Å². The third-order valence-corrected chi connectivity index (χ3v) is 4.36. The zero-order valence-corrected chi connectivity index (χ0v) is 13.5. The first kappa shape index (κ1) is 15.9. The monoisotopic (exact) mass is 305 g/mol. The quantitative estimate of drug-likeness (QED) is 0.759. The van der Waals surface area contributed by atoms with Crippen LogP contribution in [0.3, 0.4) is 0 Å². The number of thiocarbonyl (C=S) groups is 1. The number of nitrogens with two attached hydrogens (primary N) is 1. The van der Waals surface area contributed by atoms with E-state index >= 15 is 0 Å². The number of amides is 1. The Kier molecular flexibility index (Phi) is 5.31. The van der Waals surface area contributed by atoms with Crippen LogP contribution in [0.25, 0.3) is 0 Å². The van der Waals surface area contributed by atoms with E-state index in [9.17, 15) is 4.79 Å². The molecule has 1 fully saturated rings. The molecule has 0 spiro atoms. The first-order valence-corrected chi connectivity index (χ1v) is 7.78. The minimum atomic E-state index is 0.0185. The van der Waals surface area contributed by atoms with Gasteiger partial charge < -0.3 is 16.0 Å². The van der Waals surface area contributed by atoms with Crippen molar-refractivity contribution in [2.45, 2.75) is 32.2 Å². The molecular weight excluding hydrogens is 282 g/mol. The predicted molar refractivity (Wildman–Crippen MR) is 90.4 cm³/mol. The van der Waals surface area contributed by atoms with Gasteiger partial charge in [-0.05, 0) is 44.9 Å². The summed E-state index contributed by atoms with van der Waals surface area (Å²) in [6, 6.07) is 7.89. The van der Waals surface area contributed by atoms with E-state index in [0.717, 1.165) is 23.7 Å². The zero-order chi connectivity index (χ0) is 15.4. The Morgan fingerprint density at radius 1 is 1.52 bits per heavy atom. The molecule has 1 unspecified atom stereocenters. The van der Waals surface area contributed by atoms with Gasteiger partial charge in [0.1, 0.15) is 4.99 Å². The molecule has 0 heterocycles. The first-order chi connectivity index (χ1) is 9.97. The van der Waals surface area contributed by atoms with E-state index in [0.29, 0.717) is 17.5 Å². The van der Waals surface area contributed by atoms with Gasteiger partial charge in [-0.15, -0.1) is 0 Å². The lowest BCUT2D eigenvalue weighted by Gasteiger charge is -2.24. The molecule has 4 nitrogen and oxygen atoms in total. The summed E-state index contributed by atoms with van der Waals surface area (Å²) in [6.07, 6.45) is 3.14. The van der Waals surface area contributed by atoms with Gasteiger partial charge in [-0.1, -0.05) is 24.4 Å². The van der Waals surface area contributed by atoms with E-state index < -0.39 is 0 Å². The van der Waals surface area contributed by atoms with Crippen molar-refractivity contribution in [3.05, 3.63) is 29.8 Å². The maximum atomic E-state index is 12.0. The Labute approximate surface area is 131 Å². The maximum absolute atomic E-state index is 12.0. The molecule has 1 atom stereocenters. The second kappa shape index (κ2) is 7.00. The van der Waals surface area contributed by atoms with Gasteiger partial charge in [0.25, 0.3) is 0 Å². The third-order valence-electron chi connectivity index (χ3n) is 4.12. The second-order valence-corrected chi connectivity index (χ2v) is 6.24. The van der Waals surface area contributed by atoms with Crippen LogP contribution in [0.5, 0.6) is 0 Å². The van der Waals surface area contributed by atoms with E-state index in [2.05, 4.69) is 24.2 Å². The number of hydrogen-bond acceptors (Lipinski definition) is 3. The molecule has 1 aliphatic carbocycles. The summed E-state index contributed by atoms with van der Waals surface area (Å²) in [5.74, 6) is 0.838. The minimum absolute atomic E-state index is 0.0185. The van der Waals surface area contributed by atoms with Crippen molar-refractivity contribution in [2.75, 3.05) is 18.9 Å². The Morgan fingerprint density at radius 3 is 2.86 bits per heavy atom. The number of nitrogens with zero attached hydrogens (tertiary/aromatic N) is 1. The highest BCUT2D eigenvalue weighted by atomic mass is 32.1. The third kappa shape index (κ3) is 4.79. The van der Waals surface area contributed by atoms with Crippen LogP contribution in [0.1, 0.15) is 31.7 Å². The number of anilines is 1. The minimum Gasteiger partial charge on any atom is -0.389 e. The Hall–Kier alpha value is -1.46. The van der Waals surface area contributed by atoms with Crippen LogP contribution in [-0.2, 0) is 4.79 Å². The molecule has 1 saturated carbocycles. The molecule has 5 heteroatoms. The molecule has 0 radical (unpaired) electrons. The lowest BCUT2D eigenvalue weighted by atomic mass is 10.2. The fraction of sp³-hybridized carbons (Fsp3) is 0.500. The Bertz CT molecular complexity index is 528. The topological polar surface area (TPSA) is 58.4 Å². The molecule has 1 amide bonds. The number of nitrogens with one attached hydrogen (secondary N) is 1. The summed E-state index contributed by atoms with van der Waals surface area (Å²) >= 11 is 4.94. The van der Waals surface area contributed by atoms with Gasteiger partial charge in [-0.3, -0.25) is 4.79 Å².